The first-order valence-electron chi connectivity index (χ1n) is 6.57. The minimum Gasteiger partial charge on any atom is -0.444 e. The van der Waals surface area contributed by atoms with Gasteiger partial charge in [-0.2, -0.15) is 0 Å². The first-order valence-corrected chi connectivity index (χ1v) is 6.94. The van der Waals surface area contributed by atoms with Crippen LogP contribution in [0.2, 0.25) is 5.02 Å². The number of nitrogens with zero attached hydrogens (tertiary/aromatic N) is 1. The number of hydrogen-bond donors (Lipinski definition) is 2. The molecule has 1 aromatic heterocycles. The van der Waals surface area contributed by atoms with Gasteiger partial charge in [0, 0.05) is 24.3 Å². The molecular weight excluding hydrogens is 294 g/mol. The fourth-order valence-electron chi connectivity index (χ4n) is 1.48. The van der Waals surface area contributed by atoms with Gasteiger partial charge in [0.05, 0.1) is 0 Å². The number of pyridine rings is 1. The van der Waals surface area contributed by atoms with Crippen LogP contribution in [0.25, 0.3) is 0 Å². The number of rotatable bonds is 4. The first kappa shape index (κ1) is 17.2. The van der Waals surface area contributed by atoms with Gasteiger partial charge in [-0.15, -0.1) is 0 Å². The standard InChI is InChI=1S/C14H20ClN3O3/c1-9-10(15)5-6-16-11(9)12(19)17-7-8-18-13(20)21-14(2,3)4/h5-6H,7-8H2,1-4H3,(H,17,19)(H,18,20). The van der Waals surface area contributed by atoms with E-state index in [0.29, 0.717) is 10.6 Å². The lowest BCUT2D eigenvalue weighted by Crippen LogP contribution is -2.38. The van der Waals surface area contributed by atoms with Crippen LogP contribution in [0, 0.1) is 6.92 Å². The SMILES string of the molecule is Cc1c(Cl)ccnc1C(=O)NCCNC(=O)OC(C)(C)C. The Morgan fingerprint density at radius 1 is 1.29 bits per heavy atom. The van der Waals surface area contributed by atoms with Crippen LogP contribution in [0.3, 0.4) is 0 Å². The number of hydrogen-bond acceptors (Lipinski definition) is 4. The maximum Gasteiger partial charge on any atom is 0.407 e. The van der Waals surface area contributed by atoms with E-state index in [4.69, 9.17) is 16.3 Å². The van der Waals surface area contributed by atoms with Gasteiger partial charge in [-0.3, -0.25) is 9.78 Å². The summed E-state index contributed by atoms with van der Waals surface area (Å²) in [7, 11) is 0. The molecule has 0 atom stereocenters. The summed E-state index contributed by atoms with van der Waals surface area (Å²) in [6, 6.07) is 1.62. The molecule has 116 valence electrons. The molecule has 21 heavy (non-hydrogen) atoms. The molecular formula is C14H20ClN3O3. The Kier molecular flexibility index (Phi) is 5.96. The minimum atomic E-state index is -0.546. The van der Waals surface area contributed by atoms with Crippen molar-refractivity contribution in [2.45, 2.75) is 33.3 Å². The van der Waals surface area contributed by atoms with Crippen molar-refractivity contribution < 1.29 is 14.3 Å². The monoisotopic (exact) mass is 313 g/mol. The molecule has 0 saturated carbocycles. The fourth-order valence-corrected chi connectivity index (χ4v) is 1.63. The molecule has 0 fully saturated rings. The highest BCUT2D eigenvalue weighted by atomic mass is 35.5. The Bertz CT molecular complexity index is 527. The fraction of sp³-hybridized carbons (Fsp3) is 0.500. The second-order valence-electron chi connectivity index (χ2n) is 5.45. The lowest BCUT2D eigenvalue weighted by Gasteiger charge is -2.19. The number of carbonyl (C=O) groups excluding carboxylic acids is 2. The molecule has 1 heterocycles. The van der Waals surface area contributed by atoms with Crippen LogP contribution in [0.5, 0.6) is 0 Å². The number of halogens is 1. The van der Waals surface area contributed by atoms with Crippen molar-refractivity contribution in [3.8, 4) is 0 Å². The molecule has 0 aliphatic carbocycles. The van der Waals surface area contributed by atoms with Gasteiger partial charge in [0.15, 0.2) is 0 Å². The summed E-state index contributed by atoms with van der Waals surface area (Å²) in [5.41, 5.74) is 0.353. The molecule has 1 rings (SSSR count). The molecule has 6 nitrogen and oxygen atoms in total. The van der Waals surface area contributed by atoms with E-state index >= 15 is 0 Å². The summed E-state index contributed by atoms with van der Waals surface area (Å²) in [4.78, 5) is 27.3. The van der Waals surface area contributed by atoms with E-state index in [0.717, 1.165) is 0 Å². The lowest BCUT2D eigenvalue weighted by atomic mass is 10.2. The zero-order valence-electron chi connectivity index (χ0n) is 12.6. The molecule has 1 aromatic rings. The predicted octanol–water partition coefficient (Wildman–Crippen LogP) is 2.30. The van der Waals surface area contributed by atoms with E-state index in [9.17, 15) is 9.59 Å². The molecule has 0 aromatic carbocycles. The Morgan fingerprint density at radius 3 is 2.52 bits per heavy atom. The summed E-state index contributed by atoms with van der Waals surface area (Å²) >= 11 is 5.93. The highest BCUT2D eigenvalue weighted by Crippen LogP contribution is 2.16. The Balaban J connectivity index is 2.38. The Labute approximate surface area is 129 Å². The van der Waals surface area contributed by atoms with Crippen molar-refractivity contribution >= 4 is 23.6 Å². The van der Waals surface area contributed by atoms with E-state index in [1.165, 1.54) is 6.20 Å². The van der Waals surface area contributed by atoms with Crippen molar-refractivity contribution in [3.05, 3.63) is 28.5 Å². The van der Waals surface area contributed by atoms with Gasteiger partial charge < -0.3 is 15.4 Å². The van der Waals surface area contributed by atoms with Crippen LogP contribution >= 0.6 is 11.6 Å². The second kappa shape index (κ2) is 7.26. The summed E-state index contributed by atoms with van der Waals surface area (Å²) in [6.45, 7) is 7.60. The van der Waals surface area contributed by atoms with Crippen LogP contribution < -0.4 is 10.6 Å². The Morgan fingerprint density at radius 2 is 1.90 bits per heavy atom. The molecule has 7 heteroatoms. The summed E-state index contributed by atoms with van der Waals surface area (Å²) < 4.78 is 5.07. The van der Waals surface area contributed by atoms with Gasteiger partial charge in [0.25, 0.3) is 5.91 Å². The van der Waals surface area contributed by atoms with Crippen molar-refractivity contribution in [2.24, 2.45) is 0 Å². The normalized spacial score (nSPS) is 10.9. The molecule has 0 radical (unpaired) electrons. The third-order valence-electron chi connectivity index (χ3n) is 2.43. The average Bonchev–Trinajstić information content (AvgIpc) is 2.35. The number of alkyl carbamates (subject to hydrolysis) is 1. The van der Waals surface area contributed by atoms with E-state index in [1.807, 2.05) is 0 Å². The van der Waals surface area contributed by atoms with Crippen molar-refractivity contribution in [3.63, 3.8) is 0 Å². The summed E-state index contributed by atoms with van der Waals surface area (Å²) in [5, 5.41) is 5.69. The van der Waals surface area contributed by atoms with E-state index < -0.39 is 11.7 Å². The van der Waals surface area contributed by atoms with Crippen LogP contribution in [0.15, 0.2) is 12.3 Å². The minimum absolute atomic E-state index is 0.264. The zero-order chi connectivity index (χ0) is 16.0. The smallest absolute Gasteiger partial charge is 0.407 e. The number of ether oxygens (including phenoxy) is 1. The largest absolute Gasteiger partial charge is 0.444 e. The first-order chi connectivity index (χ1) is 9.70. The van der Waals surface area contributed by atoms with Crippen molar-refractivity contribution in [2.75, 3.05) is 13.1 Å². The topological polar surface area (TPSA) is 80.3 Å². The summed E-state index contributed by atoms with van der Waals surface area (Å²) in [6.07, 6.45) is 0.956. The lowest BCUT2D eigenvalue weighted by molar-refractivity contribution is 0.0526. The highest BCUT2D eigenvalue weighted by Gasteiger charge is 2.16. The third-order valence-corrected chi connectivity index (χ3v) is 2.84. The molecule has 0 spiro atoms. The van der Waals surface area contributed by atoms with Gasteiger partial charge >= 0.3 is 6.09 Å². The van der Waals surface area contributed by atoms with Crippen molar-refractivity contribution in [1.29, 1.82) is 0 Å². The quantitative estimate of drug-likeness (QED) is 0.836. The molecule has 0 aliphatic rings. The number of carbonyl (C=O) groups is 2. The van der Waals surface area contributed by atoms with E-state index in [1.54, 1.807) is 33.8 Å². The molecule has 0 bridgehead atoms. The van der Waals surface area contributed by atoms with Gasteiger partial charge in [-0.05, 0) is 39.3 Å². The molecule has 2 amide bonds. The number of nitrogens with one attached hydrogen (secondary N) is 2. The van der Waals surface area contributed by atoms with Gasteiger partial charge in [-0.1, -0.05) is 11.6 Å². The van der Waals surface area contributed by atoms with Gasteiger partial charge in [0.1, 0.15) is 11.3 Å². The van der Waals surface area contributed by atoms with Gasteiger partial charge in [-0.25, -0.2) is 4.79 Å². The highest BCUT2D eigenvalue weighted by molar-refractivity contribution is 6.31. The van der Waals surface area contributed by atoms with Gasteiger partial charge in [0.2, 0.25) is 0 Å². The maximum absolute atomic E-state index is 11.9. The average molecular weight is 314 g/mol. The van der Waals surface area contributed by atoms with Crippen LogP contribution in [0.4, 0.5) is 4.79 Å². The number of amides is 2. The van der Waals surface area contributed by atoms with Crippen LogP contribution in [0.1, 0.15) is 36.8 Å². The molecule has 2 N–H and O–H groups in total. The van der Waals surface area contributed by atoms with Crippen molar-refractivity contribution in [1.82, 2.24) is 15.6 Å². The molecule has 0 saturated heterocycles. The van der Waals surface area contributed by atoms with Crippen LogP contribution in [-0.4, -0.2) is 35.7 Å². The van der Waals surface area contributed by atoms with E-state index in [-0.39, 0.29) is 24.7 Å². The summed E-state index contributed by atoms with van der Waals surface area (Å²) in [5.74, 6) is -0.332. The third kappa shape index (κ3) is 5.99. The Hall–Kier alpha value is -1.82. The predicted molar refractivity (Wildman–Crippen MR) is 80.6 cm³/mol. The maximum atomic E-state index is 11.9. The number of aromatic nitrogens is 1. The second-order valence-corrected chi connectivity index (χ2v) is 5.86. The molecule has 0 unspecified atom stereocenters. The zero-order valence-corrected chi connectivity index (χ0v) is 13.4. The molecule has 0 aliphatic heterocycles. The van der Waals surface area contributed by atoms with E-state index in [2.05, 4.69) is 15.6 Å². The van der Waals surface area contributed by atoms with Crippen LogP contribution in [-0.2, 0) is 4.74 Å².